The molecule has 0 aliphatic rings. The summed E-state index contributed by atoms with van der Waals surface area (Å²) in [4.78, 5) is 37.7. The molecule has 0 aliphatic heterocycles. The minimum Gasteiger partial charge on any atom is -0.462 e. The molecule has 0 bridgehead atoms. The maximum atomic E-state index is 12.7. The summed E-state index contributed by atoms with van der Waals surface area (Å²) in [6, 6.07) is 0. The average Bonchev–Trinajstić information content (AvgIpc) is 3.21. The van der Waals surface area contributed by atoms with E-state index in [2.05, 4.69) is 81.5 Å². The quantitative estimate of drug-likeness (QED) is 0.0203. The van der Waals surface area contributed by atoms with Crippen molar-refractivity contribution in [3.05, 3.63) is 97.2 Å². The molecule has 0 heterocycles. The molecule has 0 radical (unpaired) electrons. The smallest absolute Gasteiger partial charge is 0.306 e. The number of hydrogen-bond acceptors (Lipinski definition) is 6. The molecule has 0 saturated carbocycles. The second-order valence-electron chi connectivity index (χ2n) is 14.7. The molecule has 0 aromatic carbocycles. The zero-order valence-corrected chi connectivity index (χ0v) is 36.6. The summed E-state index contributed by atoms with van der Waals surface area (Å²) in [6.45, 7) is 6.33. The number of carbonyl (C=O) groups excluding carboxylic acids is 3. The van der Waals surface area contributed by atoms with E-state index in [-0.39, 0.29) is 44.0 Å². The van der Waals surface area contributed by atoms with Crippen LogP contribution >= 0.6 is 0 Å². The number of esters is 3. The Morgan fingerprint density at radius 1 is 0.386 bits per heavy atom. The van der Waals surface area contributed by atoms with Gasteiger partial charge in [0.25, 0.3) is 0 Å². The third kappa shape index (κ3) is 43.3. The molecule has 0 saturated heterocycles. The molecule has 0 amide bonds. The van der Waals surface area contributed by atoms with Crippen molar-refractivity contribution in [2.45, 2.75) is 194 Å². The van der Waals surface area contributed by atoms with E-state index >= 15 is 0 Å². The van der Waals surface area contributed by atoms with Crippen LogP contribution in [0.4, 0.5) is 0 Å². The van der Waals surface area contributed by atoms with Gasteiger partial charge in [0.2, 0.25) is 0 Å². The minimum absolute atomic E-state index is 0.111. The Labute approximate surface area is 349 Å². The number of hydrogen-bond donors (Lipinski definition) is 0. The fourth-order valence-corrected chi connectivity index (χ4v) is 5.74. The van der Waals surface area contributed by atoms with Crippen LogP contribution in [0.1, 0.15) is 188 Å². The van der Waals surface area contributed by atoms with Crippen LogP contribution in [-0.2, 0) is 28.6 Å². The maximum absolute atomic E-state index is 12.7. The van der Waals surface area contributed by atoms with Crippen LogP contribution in [0.5, 0.6) is 0 Å². The fourth-order valence-electron chi connectivity index (χ4n) is 5.74. The van der Waals surface area contributed by atoms with E-state index in [0.717, 1.165) is 70.6 Å². The summed E-state index contributed by atoms with van der Waals surface area (Å²) in [5, 5.41) is 0. The van der Waals surface area contributed by atoms with E-state index in [0.29, 0.717) is 19.3 Å². The lowest BCUT2D eigenvalue weighted by Gasteiger charge is -2.18. The topological polar surface area (TPSA) is 78.9 Å². The highest BCUT2D eigenvalue weighted by Gasteiger charge is 2.19. The van der Waals surface area contributed by atoms with Crippen molar-refractivity contribution in [2.75, 3.05) is 13.2 Å². The van der Waals surface area contributed by atoms with Gasteiger partial charge in [-0.25, -0.2) is 0 Å². The van der Waals surface area contributed by atoms with Gasteiger partial charge in [-0.3, -0.25) is 14.4 Å². The predicted molar refractivity (Wildman–Crippen MR) is 242 cm³/mol. The molecule has 1 atom stereocenters. The molecular weight excluding hydrogens is 709 g/mol. The molecule has 1 unspecified atom stereocenters. The van der Waals surface area contributed by atoms with E-state index < -0.39 is 6.10 Å². The van der Waals surface area contributed by atoms with Crippen molar-refractivity contribution >= 4 is 17.9 Å². The Morgan fingerprint density at radius 2 is 0.772 bits per heavy atom. The van der Waals surface area contributed by atoms with E-state index in [1.807, 2.05) is 36.5 Å². The van der Waals surface area contributed by atoms with Crippen molar-refractivity contribution in [2.24, 2.45) is 0 Å². The third-order valence-electron chi connectivity index (χ3n) is 9.17. The Kier molecular flexibility index (Phi) is 42.1. The zero-order valence-electron chi connectivity index (χ0n) is 36.6. The van der Waals surface area contributed by atoms with Crippen molar-refractivity contribution < 1.29 is 28.6 Å². The van der Waals surface area contributed by atoms with Crippen LogP contribution in [-0.4, -0.2) is 37.2 Å². The van der Waals surface area contributed by atoms with Gasteiger partial charge in [0.05, 0.1) is 0 Å². The number of ether oxygens (including phenoxy) is 3. The van der Waals surface area contributed by atoms with Crippen LogP contribution in [0, 0.1) is 0 Å². The van der Waals surface area contributed by atoms with Crippen molar-refractivity contribution in [3.8, 4) is 0 Å². The van der Waals surface area contributed by atoms with E-state index in [9.17, 15) is 14.4 Å². The van der Waals surface area contributed by atoms with Crippen molar-refractivity contribution in [1.82, 2.24) is 0 Å². The first kappa shape index (κ1) is 53.3. The molecule has 0 rings (SSSR count). The first-order valence-electron chi connectivity index (χ1n) is 22.8. The van der Waals surface area contributed by atoms with Crippen LogP contribution in [0.3, 0.4) is 0 Å². The summed E-state index contributed by atoms with van der Waals surface area (Å²) in [6.07, 6.45) is 58.3. The van der Waals surface area contributed by atoms with E-state index in [4.69, 9.17) is 14.2 Å². The Balaban J connectivity index is 4.53. The van der Waals surface area contributed by atoms with Gasteiger partial charge in [-0.15, -0.1) is 0 Å². The standard InChI is InChI=1S/C51H82O6/c1-4-7-10-13-16-19-21-23-24-25-26-28-29-32-35-38-41-44-50(53)56-47-48(46-55-49(52)43-40-37-34-31-18-15-12-9-6-3)57-51(54)45-42-39-36-33-30-27-22-20-17-14-11-8-5-2/h8,11,14,16-17,19-20,22-24,26-28,30,32,35,48H,4-7,9-10,12-13,15,18,21,25,29,31,33-34,36-47H2,1-3H3/b11-8-,17-14-,19-16-,22-20-,24-23-,28-26-,30-27-,35-32-. The summed E-state index contributed by atoms with van der Waals surface area (Å²) >= 11 is 0. The molecule has 0 aromatic rings. The lowest BCUT2D eigenvalue weighted by molar-refractivity contribution is -0.167. The highest BCUT2D eigenvalue weighted by Crippen LogP contribution is 2.12. The monoisotopic (exact) mass is 791 g/mol. The van der Waals surface area contributed by atoms with Crippen LogP contribution in [0.2, 0.25) is 0 Å². The summed E-state index contributed by atoms with van der Waals surface area (Å²) < 4.78 is 16.6. The number of rotatable bonds is 39. The van der Waals surface area contributed by atoms with Crippen LogP contribution < -0.4 is 0 Å². The largest absolute Gasteiger partial charge is 0.462 e. The molecule has 0 aliphatic carbocycles. The summed E-state index contributed by atoms with van der Waals surface area (Å²) in [5.74, 6) is -1.02. The number of carbonyl (C=O) groups is 3. The lowest BCUT2D eigenvalue weighted by atomic mass is 10.1. The molecule has 322 valence electrons. The minimum atomic E-state index is -0.816. The second-order valence-corrected chi connectivity index (χ2v) is 14.7. The van der Waals surface area contributed by atoms with E-state index in [1.165, 1.54) is 64.2 Å². The maximum Gasteiger partial charge on any atom is 0.306 e. The van der Waals surface area contributed by atoms with Gasteiger partial charge in [0.15, 0.2) is 6.10 Å². The van der Waals surface area contributed by atoms with Crippen LogP contribution in [0.25, 0.3) is 0 Å². The molecule has 6 heteroatoms. The van der Waals surface area contributed by atoms with Crippen molar-refractivity contribution in [3.63, 3.8) is 0 Å². The van der Waals surface area contributed by atoms with Crippen molar-refractivity contribution in [1.29, 1.82) is 0 Å². The SMILES string of the molecule is CC\C=C/C=C\C=C/C=C\CCCCCC(=O)OC(COC(=O)CCC/C=C\C/C=C\C/C=C\C/C=C\CCCCC)COC(=O)CCCCCCCCCCC. The molecule has 0 aromatic heterocycles. The second kappa shape index (κ2) is 45.0. The number of unbranched alkanes of at least 4 members (excludes halogenated alkanes) is 15. The van der Waals surface area contributed by atoms with Gasteiger partial charge in [-0.1, -0.05) is 189 Å². The Hall–Kier alpha value is -3.67. The molecule has 0 spiro atoms. The Morgan fingerprint density at radius 3 is 1.33 bits per heavy atom. The van der Waals surface area contributed by atoms with Gasteiger partial charge in [0, 0.05) is 19.3 Å². The van der Waals surface area contributed by atoms with Gasteiger partial charge in [-0.05, 0) is 77.0 Å². The van der Waals surface area contributed by atoms with E-state index in [1.54, 1.807) is 0 Å². The van der Waals surface area contributed by atoms with Gasteiger partial charge >= 0.3 is 17.9 Å². The molecule has 6 nitrogen and oxygen atoms in total. The fraction of sp³-hybridized carbons (Fsp3) is 0.627. The molecule has 0 N–H and O–H groups in total. The predicted octanol–water partition coefficient (Wildman–Crippen LogP) is 14.6. The highest BCUT2D eigenvalue weighted by atomic mass is 16.6. The summed E-state index contributed by atoms with van der Waals surface area (Å²) in [7, 11) is 0. The summed E-state index contributed by atoms with van der Waals surface area (Å²) in [5.41, 5.74) is 0. The van der Waals surface area contributed by atoms with Gasteiger partial charge < -0.3 is 14.2 Å². The molecule has 0 fully saturated rings. The highest BCUT2D eigenvalue weighted by molar-refractivity contribution is 5.71. The first-order chi connectivity index (χ1) is 28.0. The van der Waals surface area contributed by atoms with Crippen LogP contribution in [0.15, 0.2) is 97.2 Å². The third-order valence-corrected chi connectivity index (χ3v) is 9.17. The normalized spacial score (nSPS) is 13.0. The number of allylic oxidation sites excluding steroid dienone is 16. The molecular formula is C51H82O6. The van der Waals surface area contributed by atoms with Gasteiger partial charge in [-0.2, -0.15) is 0 Å². The average molecular weight is 791 g/mol. The van der Waals surface area contributed by atoms with Gasteiger partial charge in [0.1, 0.15) is 13.2 Å². The first-order valence-corrected chi connectivity index (χ1v) is 22.8. The zero-order chi connectivity index (χ0) is 41.5. The molecule has 57 heavy (non-hydrogen) atoms. The Bertz CT molecular complexity index is 1180. The lowest BCUT2D eigenvalue weighted by Crippen LogP contribution is -2.30.